The summed E-state index contributed by atoms with van der Waals surface area (Å²) in [5, 5.41) is 9.70. The van der Waals surface area contributed by atoms with Gasteiger partial charge in [0, 0.05) is 19.5 Å². The van der Waals surface area contributed by atoms with Crippen molar-refractivity contribution in [1.29, 1.82) is 0 Å². The van der Waals surface area contributed by atoms with Gasteiger partial charge in [-0.15, -0.1) is 0 Å². The quantitative estimate of drug-likeness (QED) is 0.719. The molecule has 84 valence electrons. The molecule has 0 aromatic carbocycles. The van der Waals surface area contributed by atoms with Crippen LogP contribution in [-0.4, -0.2) is 33.8 Å². The molecule has 1 aromatic rings. The molecular weight excluding hydrogens is 194 g/mol. The molecule has 6 nitrogen and oxygen atoms in total. The van der Waals surface area contributed by atoms with Gasteiger partial charge in [0.2, 0.25) is 11.9 Å². The van der Waals surface area contributed by atoms with Gasteiger partial charge in [-0.1, -0.05) is 13.8 Å². The van der Waals surface area contributed by atoms with Crippen LogP contribution >= 0.6 is 0 Å². The molecule has 1 heterocycles. The van der Waals surface area contributed by atoms with Gasteiger partial charge in [-0.3, -0.25) is 10.1 Å². The topological polar surface area (TPSA) is 71.8 Å². The average molecular weight is 211 g/mol. The lowest BCUT2D eigenvalue weighted by Gasteiger charge is -2.11. The summed E-state index contributed by atoms with van der Waals surface area (Å²) < 4.78 is 1.53. The molecule has 0 aliphatic carbocycles. The van der Waals surface area contributed by atoms with Gasteiger partial charge >= 0.3 is 0 Å². The molecule has 0 saturated heterocycles. The van der Waals surface area contributed by atoms with Gasteiger partial charge in [-0.2, -0.15) is 10.1 Å². The fourth-order valence-corrected chi connectivity index (χ4v) is 1.10. The predicted octanol–water partition coefficient (Wildman–Crippen LogP) is -0.000800. The summed E-state index contributed by atoms with van der Waals surface area (Å²) in [5.74, 6) is 0.344. The average Bonchev–Trinajstić information content (AvgIpc) is 2.61. The number of hydrogen-bond donors (Lipinski definition) is 2. The van der Waals surface area contributed by atoms with Crippen molar-refractivity contribution in [2.24, 2.45) is 13.0 Å². The van der Waals surface area contributed by atoms with Gasteiger partial charge < -0.3 is 5.32 Å². The molecule has 0 bridgehead atoms. The number of carbonyl (C=O) groups is 1. The molecular formula is C9H17N5O. The Bertz CT molecular complexity index is 322. The van der Waals surface area contributed by atoms with Crippen LogP contribution < -0.4 is 10.6 Å². The number of amides is 1. The number of nitrogens with zero attached hydrogens (tertiary/aromatic N) is 3. The first-order valence-electron chi connectivity index (χ1n) is 5.00. The molecule has 0 aliphatic heterocycles. The maximum atomic E-state index is 11.6. The number of anilines is 1. The lowest BCUT2D eigenvalue weighted by atomic mass is 10.1. The highest BCUT2D eigenvalue weighted by atomic mass is 16.2. The lowest BCUT2D eigenvalue weighted by molar-refractivity contribution is -0.119. The second-order valence-corrected chi connectivity index (χ2v) is 3.41. The highest BCUT2D eigenvalue weighted by Gasteiger charge is 2.14. The molecule has 0 aliphatic rings. The highest BCUT2D eigenvalue weighted by molar-refractivity contribution is 5.90. The van der Waals surface area contributed by atoms with Crippen molar-refractivity contribution in [3.63, 3.8) is 0 Å². The smallest absolute Gasteiger partial charge is 0.230 e. The Kier molecular flexibility index (Phi) is 4.23. The van der Waals surface area contributed by atoms with Crippen LogP contribution in [0.1, 0.15) is 13.8 Å². The Morgan fingerprint density at radius 2 is 2.40 bits per heavy atom. The first kappa shape index (κ1) is 11.6. The zero-order valence-electron chi connectivity index (χ0n) is 9.32. The second kappa shape index (κ2) is 5.45. The maximum Gasteiger partial charge on any atom is 0.230 e. The molecule has 1 amide bonds. The van der Waals surface area contributed by atoms with Crippen LogP contribution in [0.2, 0.25) is 0 Å². The SMILES string of the molecule is CCNCC(C)C(=O)Nc1ncnn1C. The van der Waals surface area contributed by atoms with E-state index in [-0.39, 0.29) is 11.8 Å². The van der Waals surface area contributed by atoms with E-state index in [0.717, 1.165) is 6.54 Å². The molecule has 0 fully saturated rings. The molecule has 15 heavy (non-hydrogen) atoms. The van der Waals surface area contributed by atoms with Crippen LogP contribution in [0.5, 0.6) is 0 Å². The minimum Gasteiger partial charge on any atom is -0.316 e. The Hall–Kier alpha value is -1.43. The third-order valence-electron chi connectivity index (χ3n) is 2.09. The summed E-state index contributed by atoms with van der Waals surface area (Å²) in [5.41, 5.74) is 0. The molecule has 0 spiro atoms. The summed E-state index contributed by atoms with van der Waals surface area (Å²) in [6.45, 7) is 5.41. The maximum absolute atomic E-state index is 11.6. The highest BCUT2D eigenvalue weighted by Crippen LogP contribution is 2.02. The molecule has 0 radical (unpaired) electrons. The zero-order valence-corrected chi connectivity index (χ0v) is 9.32. The number of rotatable bonds is 5. The lowest BCUT2D eigenvalue weighted by Crippen LogP contribution is -2.31. The van der Waals surface area contributed by atoms with Gasteiger partial charge in [0.15, 0.2) is 0 Å². The Morgan fingerprint density at radius 1 is 1.67 bits per heavy atom. The summed E-state index contributed by atoms with van der Waals surface area (Å²) in [6, 6.07) is 0. The van der Waals surface area contributed by atoms with Crippen molar-refractivity contribution >= 4 is 11.9 Å². The van der Waals surface area contributed by atoms with E-state index in [0.29, 0.717) is 12.5 Å². The first-order valence-corrected chi connectivity index (χ1v) is 5.00. The molecule has 6 heteroatoms. The minimum atomic E-state index is -0.0818. The second-order valence-electron chi connectivity index (χ2n) is 3.41. The van der Waals surface area contributed by atoms with E-state index in [1.54, 1.807) is 7.05 Å². The van der Waals surface area contributed by atoms with Crippen LogP contribution in [0.4, 0.5) is 5.95 Å². The number of nitrogens with one attached hydrogen (secondary N) is 2. The molecule has 1 rings (SSSR count). The summed E-state index contributed by atoms with van der Waals surface area (Å²) in [7, 11) is 1.73. The van der Waals surface area contributed by atoms with E-state index in [4.69, 9.17) is 0 Å². The third kappa shape index (κ3) is 3.32. The van der Waals surface area contributed by atoms with Gasteiger partial charge in [0.1, 0.15) is 6.33 Å². The number of hydrogen-bond acceptors (Lipinski definition) is 4. The van der Waals surface area contributed by atoms with Crippen molar-refractivity contribution in [3.05, 3.63) is 6.33 Å². The van der Waals surface area contributed by atoms with Crippen molar-refractivity contribution in [2.75, 3.05) is 18.4 Å². The van der Waals surface area contributed by atoms with Crippen molar-refractivity contribution < 1.29 is 4.79 Å². The van der Waals surface area contributed by atoms with Crippen LogP contribution in [0.15, 0.2) is 6.33 Å². The van der Waals surface area contributed by atoms with E-state index < -0.39 is 0 Å². The fraction of sp³-hybridized carbons (Fsp3) is 0.667. The van der Waals surface area contributed by atoms with Crippen LogP contribution in [0.25, 0.3) is 0 Å². The van der Waals surface area contributed by atoms with Crippen LogP contribution in [-0.2, 0) is 11.8 Å². The summed E-state index contributed by atoms with van der Waals surface area (Å²) in [6.07, 6.45) is 1.41. The van der Waals surface area contributed by atoms with Gasteiger partial charge in [0.25, 0.3) is 0 Å². The molecule has 1 atom stereocenters. The first-order chi connectivity index (χ1) is 7.15. The van der Waals surface area contributed by atoms with E-state index >= 15 is 0 Å². The van der Waals surface area contributed by atoms with E-state index in [2.05, 4.69) is 20.7 Å². The van der Waals surface area contributed by atoms with Crippen molar-refractivity contribution in [3.8, 4) is 0 Å². The number of aryl methyl sites for hydroxylation is 1. The standard InChI is InChI=1S/C9H17N5O/c1-4-10-5-7(2)8(15)13-9-11-6-12-14(9)3/h6-7,10H,4-5H2,1-3H3,(H,11,12,13,15). The Balaban J connectivity index is 2.45. The summed E-state index contributed by atoms with van der Waals surface area (Å²) in [4.78, 5) is 15.6. The largest absolute Gasteiger partial charge is 0.316 e. The monoisotopic (exact) mass is 211 g/mol. The molecule has 0 saturated carbocycles. The molecule has 2 N–H and O–H groups in total. The Morgan fingerprint density at radius 3 is 2.93 bits per heavy atom. The number of carbonyl (C=O) groups excluding carboxylic acids is 1. The van der Waals surface area contributed by atoms with Crippen LogP contribution in [0, 0.1) is 5.92 Å². The van der Waals surface area contributed by atoms with Gasteiger partial charge in [-0.05, 0) is 6.54 Å². The minimum absolute atomic E-state index is 0.0490. The normalized spacial score (nSPS) is 12.5. The van der Waals surface area contributed by atoms with E-state index in [9.17, 15) is 4.79 Å². The van der Waals surface area contributed by atoms with Crippen LogP contribution in [0.3, 0.4) is 0 Å². The van der Waals surface area contributed by atoms with Gasteiger partial charge in [-0.25, -0.2) is 4.68 Å². The third-order valence-corrected chi connectivity index (χ3v) is 2.09. The number of aromatic nitrogens is 3. The fourth-order valence-electron chi connectivity index (χ4n) is 1.10. The summed E-state index contributed by atoms with van der Waals surface area (Å²) >= 11 is 0. The van der Waals surface area contributed by atoms with Gasteiger partial charge in [0.05, 0.1) is 0 Å². The Labute approximate surface area is 89.1 Å². The zero-order chi connectivity index (χ0) is 11.3. The predicted molar refractivity (Wildman–Crippen MR) is 57.3 cm³/mol. The van der Waals surface area contributed by atoms with Crippen molar-refractivity contribution in [1.82, 2.24) is 20.1 Å². The van der Waals surface area contributed by atoms with Crippen molar-refractivity contribution in [2.45, 2.75) is 13.8 Å². The van der Waals surface area contributed by atoms with E-state index in [1.807, 2.05) is 13.8 Å². The van der Waals surface area contributed by atoms with E-state index in [1.165, 1.54) is 11.0 Å². The molecule has 1 aromatic heterocycles. The molecule has 1 unspecified atom stereocenters.